The molecule has 4 rings (SSSR count). The molecule has 1 amide bonds. The fourth-order valence-electron chi connectivity index (χ4n) is 3.81. The molecule has 1 atom stereocenters. The summed E-state index contributed by atoms with van der Waals surface area (Å²) < 4.78 is 16.2. The summed E-state index contributed by atoms with van der Waals surface area (Å²) in [6.07, 6.45) is 0.585. The molecule has 0 saturated carbocycles. The summed E-state index contributed by atoms with van der Waals surface area (Å²) in [5, 5.41) is 10.7. The van der Waals surface area contributed by atoms with Gasteiger partial charge in [-0.05, 0) is 42.3 Å². The van der Waals surface area contributed by atoms with Gasteiger partial charge in [0.15, 0.2) is 16.9 Å². The van der Waals surface area contributed by atoms with Crippen molar-refractivity contribution in [1.29, 1.82) is 0 Å². The molecular formula is C22H20ClNO6. The maximum absolute atomic E-state index is 13.4. The number of phenolic OH excluding ortho intramolecular Hbond substituents is 1. The number of hydrogen-bond acceptors (Lipinski definition) is 6. The predicted molar refractivity (Wildman–Crippen MR) is 112 cm³/mol. The number of amides is 1. The van der Waals surface area contributed by atoms with Gasteiger partial charge in [-0.25, -0.2) is 0 Å². The highest BCUT2D eigenvalue weighted by molar-refractivity contribution is 6.31. The standard InChI is InChI=1S/C22H20ClNO6/c1-28-9-3-8-24-19(12-4-6-15(25)17(10-12)29-2)18-20(26)14-11-13(23)5-7-16(14)30-21(18)22(24)27/h4-7,10-11,19,25H,3,8-9H2,1-2H3. The molecule has 0 saturated heterocycles. The predicted octanol–water partition coefficient (Wildman–Crippen LogP) is 3.74. The van der Waals surface area contributed by atoms with Gasteiger partial charge in [0.25, 0.3) is 5.91 Å². The zero-order valence-electron chi connectivity index (χ0n) is 16.5. The van der Waals surface area contributed by atoms with E-state index in [0.29, 0.717) is 41.1 Å². The Kier molecular flexibility index (Phi) is 5.40. The molecule has 156 valence electrons. The zero-order valence-corrected chi connectivity index (χ0v) is 17.2. The highest BCUT2D eigenvalue weighted by Gasteiger charge is 2.42. The van der Waals surface area contributed by atoms with Gasteiger partial charge in [-0.1, -0.05) is 17.7 Å². The number of ether oxygens (including phenoxy) is 2. The number of aromatic hydroxyl groups is 1. The summed E-state index contributed by atoms with van der Waals surface area (Å²) >= 11 is 6.08. The van der Waals surface area contributed by atoms with Gasteiger partial charge in [0.1, 0.15) is 5.58 Å². The van der Waals surface area contributed by atoms with Crippen molar-refractivity contribution >= 4 is 28.5 Å². The third kappa shape index (κ3) is 3.30. The lowest BCUT2D eigenvalue weighted by molar-refractivity contribution is 0.0707. The van der Waals surface area contributed by atoms with Crippen LogP contribution in [0.5, 0.6) is 11.5 Å². The first-order valence-corrected chi connectivity index (χ1v) is 9.77. The van der Waals surface area contributed by atoms with E-state index < -0.39 is 6.04 Å². The molecular weight excluding hydrogens is 410 g/mol. The summed E-state index contributed by atoms with van der Waals surface area (Å²) in [6.45, 7) is 0.825. The molecule has 0 bridgehead atoms. The van der Waals surface area contributed by atoms with Crippen molar-refractivity contribution in [3.63, 3.8) is 0 Å². The smallest absolute Gasteiger partial charge is 0.290 e. The molecule has 3 aromatic rings. The maximum atomic E-state index is 13.4. The molecule has 2 aromatic carbocycles. The van der Waals surface area contributed by atoms with Crippen molar-refractivity contribution in [2.75, 3.05) is 27.4 Å². The minimum atomic E-state index is -0.682. The lowest BCUT2D eigenvalue weighted by Gasteiger charge is -2.25. The van der Waals surface area contributed by atoms with Gasteiger partial charge >= 0.3 is 0 Å². The molecule has 0 radical (unpaired) electrons. The van der Waals surface area contributed by atoms with Crippen molar-refractivity contribution < 1.29 is 23.8 Å². The number of methoxy groups -OCH3 is 2. The Balaban J connectivity index is 1.93. The second-order valence-corrected chi connectivity index (χ2v) is 7.43. The van der Waals surface area contributed by atoms with Crippen LogP contribution in [0.3, 0.4) is 0 Å². The number of phenols is 1. The van der Waals surface area contributed by atoms with Gasteiger partial charge < -0.3 is 23.9 Å². The zero-order chi connectivity index (χ0) is 21.4. The lowest BCUT2D eigenvalue weighted by atomic mass is 9.98. The molecule has 7 nitrogen and oxygen atoms in total. The molecule has 0 fully saturated rings. The van der Waals surface area contributed by atoms with Crippen LogP contribution in [-0.4, -0.2) is 43.3 Å². The van der Waals surface area contributed by atoms with Gasteiger partial charge in [0.2, 0.25) is 5.76 Å². The lowest BCUT2D eigenvalue weighted by Crippen LogP contribution is -2.31. The fourth-order valence-corrected chi connectivity index (χ4v) is 3.99. The van der Waals surface area contributed by atoms with Crippen molar-refractivity contribution in [2.24, 2.45) is 0 Å². The number of nitrogens with zero attached hydrogens (tertiary/aromatic N) is 1. The number of carbonyl (C=O) groups is 1. The quantitative estimate of drug-likeness (QED) is 0.600. The summed E-state index contributed by atoms with van der Waals surface area (Å²) in [5.74, 6) is -0.135. The summed E-state index contributed by atoms with van der Waals surface area (Å²) in [4.78, 5) is 28.2. The van der Waals surface area contributed by atoms with Crippen molar-refractivity contribution in [2.45, 2.75) is 12.5 Å². The Hall–Kier alpha value is -3.03. The highest BCUT2D eigenvalue weighted by atomic mass is 35.5. The number of fused-ring (bicyclic) bond motifs is 2. The average Bonchev–Trinajstić information content (AvgIpc) is 3.01. The summed E-state index contributed by atoms with van der Waals surface area (Å²) in [5.41, 5.74) is 0.869. The van der Waals surface area contributed by atoms with Crippen LogP contribution in [0.4, 0.5) is 0 Å². The summed E-state index contributed by atoms with van der Waals surface area (Å²) in [6, 6.07) is 8.80. The number of rotatable bonds is 6. The normalized spacial score (nSPS) is 15.6. The Labute approximate surface area is 177 Å². The minimum Gasteiger partial charge on any atom is -0.504 e. The SMILES string of the molecule is COCCCN1C(=O)c2oc3ccc(Cl)cc3c(=O)c2C1c1ccc(O)c(OC)c1. The molecule has 1 aliphatic heterocycles. The van der Waals surface area contributed by atoms with Crippen molar-refractivity contribution in [1.82, 2.24) is 4.90 Å². The Morgan fingerprint density at radius 1 is 1.17 bits per heavy atom. The fraction of sp³-hybridized carbons (Fsp3) is 0.273. The van der Waals surface area contributed by atoms with E-state index in [1.54, 1.807) is 36.3 Å². The van der Waals surface area contributed by atoms with E-state index in [9.17, 15) is 14.7 Å². The van der Waals surface area contributed by atoms with Crippen LogP contribution in [-0.2, 0) is 4.74 Å². The number of benzene rings is 2. The monoisotopic (exact) mass is 429 g/mol. The van der Waals surface area contributed by atoms with Crippen molar-refractivity contribution in [3.05, 3.63) is 68.5 Å². The largest absolute Gasteiger partial charge is 0.504 e. The minimum absolute atomic E-state index is 0.0179. The van der Waals surface area contributed by atoms with E-state index in [1.165, 1.54) is 19.2 Å². The molecule has 1 unspecified atom stereocenters. The molecule has 8 heteroatoms. The van der Waals surface area contributed by atoms with Crippen LogP contribution >= 0.6 is 11.6 Å². The number of halogens is 1. The maximum Gasteiger partial charge on any atom is 0.290 e. The first kappa shape index (κ1) is 20.3. The van der Waals surface area contributed by atoms with Crippen LogP contribution in [0.15, 0.2) is 45.6 Å². The summed E-state index contributed by atoms with van der Waals surface area (Å²) in [7, 11) is 3.03. The van der Waals surface area contributed by atoms with E-state index >= 15 is 0 Å². The van der Waals surface area contributed by atoms with Crippen LogP contribution in [0.2, 0.25) is 5.02 Å². The van der Waals surface area contributed by atoms with E-state index in [1.807, 2.05) is 0 Å². The molecule has 1 N–H and O–H groups in total. The Bertz CT molecular complexity index is 1190. The Morgan fingerprint density at radius 2 is 1.97 bits per heavy atom. The van der Waals surface area contributed by atoms with Crippen LogP contribution in [0.1, 0.15) is 34.1 Å². The van der Waals surface area contributed by atoms with Gasteiger partial charge in [-0.3, -0.25) is 9.59 Å². The highest BCUT2D eigenvalue weighted by Crippen LogP contribution is 2.40. The van der Waals surface area contributed by atoms with E-state index in [-0.39, 0.29) is 34.2 Å². The molecule has 1 aromatic heterocycles. The van der Waals surface area contributed by atoms with E-state index in [0.717, 1.165) is 0 Å². The molecule has 1 aliphatic rings. The van der Waals surface area contributed by atoms with E-state index in [2.05, 4.69) is 0 Å². The topological polar surface area (TPSA) is 89.2 Å². The molecule has 0 aliphatic carbocycles. The second-order valence-electron chi connectivity index (χ2n) is 6.99. The van der Waals surface area contributed by atoms with E-state index in [4.69, 9.17) is 25.5 Å². The van der Waals surface area contributed by atoms with Crippen LogP contribution in [0.25, 0.3) is 11.0 Å². The third-order valence-electron chi connectivity index (χ3n) is 5.19. The van der Waals surface area contributed by atoms with Gasteiger partial charge in [-0.2, -0.15) is 0 Å². The molecule has 30 heavy (non-hydrogen) atoms. The van der Waals surface area contributed by atoms with Crippen LogP contribution in [0, 0.1) is 0 Å². The number of carbonyl (C=O) groups excluding carboxylic acids is 1. The van der Waals surface area contributed by atoms with Crippen LogP contribution < -0.4 is 10.2 Å². The average molecular weight is 430 g/mol. The first-order valence-electron chi connectivity index (χ1n) is 9.39. The third-order valence-corrected chi connectivity index (χ3v) is 5.43. The van der Waals surface area contributed by atoms with Crippen molar-refractivity contribution in [3.8, 4) is 11.5 Å². The molecule has 0 spiro atoms. The van der Waals surface area contributed by atoms with Gasteiger partial charge in [-0.15, -0.1) is 0 Å². The second kappa shape index (κ2) is 8.01. The van der Waals surface area contributed by atoms with Gasteiger partial charge in [0, 0.05) is 25.3 Å². The van der Waals surface area contributed by atoms with Gasteiger partial charge in [0.05, 0.1) is 24.1 Å². The Morgan fingerprint density at radius 3 is 2.70 bits per heavy atom. The number of hydrogen-bond donors (Lipinski definition) is 1. The molecule has 2 heterocycles. The first-order chi connectivity index (χ1) is 14.5.